The van der Waals surface area contributed by atoms with Crippen LogP contribution in [0, 0.1) is 0 Å². The van der Waals surface area contributed by atoms with E-state index in [0.717, 1.165) is 5.56 Å². The van der Waals surface area contributed by atoms with Crippen LogP contribution in [0.5, 0.6) is 5.75 Å². The molecule has 0 unspecified atom stereocenters. The molecule has 0 fully saturated rings. The molecule has 0 aliphatic rings. The highest BCUT2D eigenvalue weighted by molar-refractivity contribution is 9.09. The third-order valence-electron chi connectivity index (χ3n) is 3.11. The molecule has 4 nitrogen and oxygen atoms in total. The van der Waals surface area contributed by atoms with Crippen LogP contribution in [-0.4, -0.2) is 17.0 Å². The number of hydrogen-bond donors (Lipinski definition) is 1. The predicted molar refractivity (Wildman–Crippen MR) is 88.2 cm³/mol. The molecular weight excluding hydrogens is 346 g/mol. The molecule has 2 aromatic carbocycles. The Balaban J connectivity index is 2.21. The molecule has 0 saturated heterocycles. The fraction of sp³-hybridized carbons (Fsp3) is 0.176. The number of benzene rings is 2. The molecule has 0 bridgehead atoms. The van der Waals surface area contributed by atoms with E-state index in [-0.39, 0.29) is 17.5 Å². The molecule has 2 aromatic rings. The number of amides is 1. The molecule has 5 heteroatoms. The van der Waals surface area contributed by atoms with E-state index in [1.54, 1.807) is 18.2 Å². The summed E-state index contributed by atoms with van der Waals surface area (Å²) in [6.07, 6.45) is 0.0352. The van der Waals surface area contributed by atoms with E-state index in [1.165, 1.54) is 0 Å². The van der Waals surface area contributed by atoms with E-state index in [1.807, 2.05) is 30.3 Å². The quantitative estimate of drug-likeness (QED) is 0.608. The molecule has 0 spiro atoms. The average molecular weight is 362 g/mol. The lowest BCUT2D eigenvalue weighted by molar-refractivity contribution is -0.117. The van der Waals surface area contributed by atoms with Crippen LogP contribution in [0.2, 0.25) is 0 Å². The Kier molecular flexibility index (Phi) is 5.72. The lowest BCUT2D eigenvalue weighted by Gasteiger charge is -2.12. The third kappa shape index (κ3) is 4.43. The minimum Gasteiger partial charge on any atom is -0.489 e. The SMILES string of the molecule is NC(=O)Cc1cc(C(=O)CBr)ccc1OCc1ccccc1. The molecule has 0 atom stereocenters. The van der Waals surface area contributed by atoms with Gasteiger partial charge in [-0.1, -0.05) is 46.3 Å². The van der Waals surface area contributed by atoms with E-state index in [9.17, 15) is 9.59 Å². The molecule has 2 N–H and O–H groups in total. The van der Waals surface area contributed by atoms with Crippen molar-refractivity contribution in [3.8, 4) is 5.75 Å². The van der Waals surface area contributed by atoms with Crippen LogP contribution in [0.4, 0.5) is 0 Å². The van der Waals surface area contributed by atoms with Crippen molar-refractivity contribution in [1.82, 2.24) is 0 Å². The zero-order valence-electron chi connectivity index (χ0n) is 11.9. The summed E-state index contributed by atoms with van der Waals surface area (Å²) in [5.41, 5.74) is 7.44. The third-order valence-corrected chi connectivity index (χ3v) is 3.61. The first kappa shape index (κ1) is 16.2. The van der Waals surface area contributed by atoms with Crippen molar-refractivity contribution in [3.63, 3.8) is 0 Å². The summed E-state index contributed by atoms with van der Waals surface area (Å²) in [7, 11) is 0. The van der Waals surface area contributed by atoms with Crippen molar-refractivity contribution in [2.24, 2.45) is 5.73 Å². The van der Waals surface area contributed by atoms with Gasteiger partial charge in [-0.15, -0.1) is 0 Å². The van der Waals surface area contributed by atoms with Gasteiger partial charge in [-0.05, 0) is 23.8 Å². The largest absolute Gasteiger partial charge is 0.489 e. The zero-order valence-corrected chi connectivity index (χ0v) is 13.5. The Hall–Kier alpha value is -2.14. The average Bonchev–Trinajstić information content (AvgIpc) is 2.53. The van der Waals surface area contributed by atoms with Gasteiger partial charge in [-0.3, -0.25) is 9.59 Å². The molecule has 1 amide bonds. The van der Waals surface area contributed by atoms with E-state index in [4.69, 9.17) is 10.5 Å². The van der Waals surface area contributed by atoms with Crippen molar-refractivity contribution in [3.05, 3.63) is 65.2 Å². The van der Waals surface area contributed by atoms with Crippen LogP contribution in [0.15, 0.2) is 48.5 Å². The zero-order chi connectivity index (χ0) is 15.9. The number of rotatable bonds is 7. The van der Waals surface area contributed by atoms with Crippen molar-refractivity contribution in [2.75, 3.05) is 5.33 Å². The summed E-state index contributed by atoms with van der Waals surface area (Å²) in [5.74, 6) is 0.0436. The Labute approximate surface area is 137 Å². The monoisotopic (exact) mass is 361 g/mol. The molecule has 22 heavy (non-hydrogen) atoms. The van der Waals surface area contributed by atoms with Crippen LogP contribution >= 0.6 is 15.9 Å². The highest BCUT2D eigenvalue weighted by Crippen LogP contribution is 2.22. The van der Waals surface area contributed by atoms with Crippen LogP contribution in [0.1, 0.15) is 21.5 Å². The number of carbonyl (C=O) groups is 2. The second kappa shape index (κ2) is 7.75. The summed E-state index contributed by atoms with van der Waals surface area (Å²) in [5, 5.41) is 0.229. The number of primary amides is 1. The minimum atomic E-state index is -0.465. The van der Waals surface area contributed by atoms with Crippen molar-refractivity contribution >= 4 is 27.6 Å². The van der Waals surface area contributed by atoms with Crippen LogP contribution in [-0.2, 0) is 17.8 Å². The first-order valence-electron chi connectivity index (χ1n) is 6.77. The molecule has 0 aliphatic heterocycles. The van der Waals surface area contributed by atoms with Gasteiger partial charge in [0.2, 0.25) is 5.91 Å². The lowest BCUT2D eigenvalue weighted by Crippen LogP contribution is -2.15. The number of Topliss-reactive ketones (excluding diaryl/α,β-unsaturated/α-hetero) is 1. The van der Waals surface area contributed by atoms with Gasteiger partial charge in [0.15, 0.2) is 5.78 Å². The van der Waals surface area contributed by atoms with Gasteiger partial charge in [-0.25, -0.2) is 0 Å². The van der Waals surface area contributed by atoms with Gasteiger partial charge in [0, 0.05) is 11.1 Å². The summed E-state index contributed by atoms with van der Waals surface area (Å²) in [6, 6.07) is 14.8. The Bertz CT molecular complexity index is 671. The van der Waals surface area contributed by atoms with Crippen molar-refractivity contribution in [1.29, 1.82) is 0 Å². The van der Waals surface area contributed by atoms with Crippen LogP contribution < -0.4 is 10.5 Å². The first-order chi connectivity index (χ1) is 10.6. The summed E-state index contributed by atoms with van der Waals surface area (Å²) in [6.45, 7) is 0.387. The van der Waals surface area contributed by atoms with E-state index >= 15 is 0 Å². The topological polar surface area (TPSA) is 69.4 Å². The number of alkyl halides is 1. The maximum Gasteiger partial charge on any atom is 0.221 e. The first-order valence-corrected chi connectivity index (χ1v) is 7.89. The fourth-order valence-electron chi connectivity index (χ4n) is 2.03. The molecule has 114 valence electrons. The summed E-state index contributed by atoms with van der Waals surface area (Å²) in [4.78, 5) is 23.0. The molecule has 0 aliphatic carbocycles. The Morgan fingerprint density at radius 1 is 1.09 bits per heavy atom. The molecular formula is C17H16BrNO3. The number of carbonyl (C=O) groups excluding carboxylic acids is 2. The number of hydrogen-bond acceptors (Lipinski definition) is 3. The lowest BCUT2D eigenvalue weighted by atomic mass is 10.0. The molecule has 0 saturated carbocycles. The smallest absolute Gasteiger partial charge is 0.221 e. The summed E-state index contributed by atoms with van der Waals surface area (Å²) < 4.78 is 5.76. The van der Waals surface area contributed by atoms with Crippen LogP contribution in [0.25, 0.3) is 0 Å². The highest BCUT2D eigenvalue weighted by atomic mass is 79.9. The van der Waals surface area contributed by atoms with E-state index in [2.05, 4.69) is 15.9 Å². The van der Waals surface area contributed by atoms with Crippen molar-refractivity contribution < 1.29 is 14.3 Å². The van der Waals surface area contributed by atoms with E-state index in [0.29, 0.717) is 23.5 Å². The van der Waals surface area contributed by atoms with Gasteiger partial charge in [0.25, 0.3) is 0 Å². The second-order valence-electron chi connectivity index (χ2n) is 4.80. The molecule has 0 aromatic heterocycles. The second-order valence-corrected chi connectivity index (χ2v) is 5.36. The number of halogens is 1. The molecule has 0 heterocycles. The van der Waals surface area contributed by atoms with Gasteiger partial charge >= 0.3 is 0 Å². The standard InChI is InChI=1S/C17H16BrNO3/c18-10-15(20)13-6-7-16(14(8-13)9-17(19)21)22-11-12-4-2-1-3-5-12/h1-8H,9-11H2,(H2,19,21). The Morgan fingerprint density at radius 2 is 1.82 bits per heavy atom. The van der Waals surface area contributed by atoms with Crippen molar-refractivity contribution in [2.45, 2.75) is 13.0 Å². The number of ketones is 1. The highest BCUT2D eigenvalue weighted by Gasteiger charge is 2.12. The van der Waals surface area contributed by atoms with Gasteiger partial charge in [0.05, 0.1) is 11.8 Å². The minimum absolute atomic E-state index is 0.0352. The maximum absolute atomic E-state index is 11.7. The normalized spacial score (nSPS) is 10.2. The van der Waals surface area contributed by atoms with Gasteiger partial charge in [-0.2, -0.15) is 0 Å². The maximum atomic E-state index is 11.7. The van der Waals surface area contributed by atoms with Gasteiger partial charge < -0.3 is 10.5 Å². The summed E-state index contributed by atoms with van der Waals surface area (Å²) >= 11 is 3.13. The van der Waals surface area contributed by atoms with Gasteiger partial charge in [0.1, 0.15) is 12.4 Å². The molecule has 0 radical (unpaired) electrons. The molecule has 2 rings (SSSR count). The Morgan fingerprint density at radius 3 is 2.45 bits per heavy atom. The predicted octanol–water partition coefficient (Wildman–Crippen LogP) is 2.87. The fourth-order valence-corrected chi connectivity index (χ4v) is 2.36. The van der Waals surface area contributed by atoms with Crippen LogP contribution in [0.3, 0.4) is 0 Å². The number of ether oxygens (including phenoxy) is 1. The number of nitrogens with two attached hydrogens (primary N) is 1. The van der Waals surface area contributed by atoms with E-state index < -0.39 is 5.91 Å².